The van der Waals surface area contributed by atoms with Crippen LogP contribution in [0.5, 0.6) is 0 Å². The largest absolute Gasteiger partial charge is 0.452 e. The van der Waals surface area contributed by atoms with E-state index in [1.165, 1.54) is 12.1 Å². The summed E-state index contributed by atoms with van der Waals surface area (Å²) < 4.78 is 4.84. The maximum Gasteiger partial charge on any atom is 0.338 e. The third-order valence-corrected chi connectivity index (χ3v) is 4.08. The first kappa shape index (κ1) is 17.7. The van der Waals surface area contributed by atoms with Gasteiger partial charge in [-0.25, -0.2) is 4.79 Å². The van der Waals surface area contributed by atoms with E-state index < -0.39 is 34.6 Å². The van der Waals surface area contributed by atoms with Crippen LogP contribution in [0.15, 0.2) is 18.2 Å². The van der Waals surface area contributed by atoms with Crippen LogP contribution in [0.3, 0.4) is 0 Å². The molecule has 0 saturated heterocycles. The average molecular weight is 352 g/mol. The molecule has 8 nitrogen and oxygen atoms in total. The van der Waals surface area contributed by atoms with Gasteiger partial charge in [0, 0.05) is 6.07 Å². The molecule has 2 rings (SSSR count). The molecule has 0 bridgehead atoms. The quantitative estimate of drug-likeness (QED) is 0.493. The summed E-state index contributed by atoms with van der Waals surface area (Å²) in [5, 5.41) is 22.5. The maximum atomic E-state index is 11.9. The van der Waals surface area contributed by atoms with E-state index in [0.717, 1.165) is 18.9 Å². The number of hydrogen-bond acceptors (Lipinski definition) is 6. The number of esters is 1. The summed E-state index contributed by atoms with van der Waals surface area (Å²) in [5.74, 6) is -1.47. The van der Waals surface area contributed by atoms with Gasteiger partial charge in [-0.15, -0.1) is 0 Å². The molecular formula is C15H14ClN3O5. The molecule has 1 aliphatic rings. The van der Waals surface area contributed by atoms with Crippen LogP contribution in [-0.4, -0.2) is 28.9 Å². The molecule has 126 valence electrons. The third kappa shape index (κ3) is 4.00. The number of nitro groups is 1. The van der Waals surface area contributed by atoms with Gasteiger partial charge in [-0.2, -0.15) is 5.26 Å². The van der Waals surface area contributed by atoms with Crippen molar-refractivity contribution in [3.05, 3.63) is 38.9 Å². The van der Waals surface area contributed by atoms with Crippen molar-refractivity contribution in [2.24, 2.45) is 0 Å². The second-order valence-corrected chi connectivity index (χ2v) is 5.86. The third-order valence-electron chi connectivity index (χ3n) is 3.76. The van der Waals surface area contributed by atoms with Crippen LogP contribution in [0.25, 0.3) is 0 Å². The van der Waals surface area contributed by atoms with E-state index in [-0.39, 0.29) is 10.6 Å². The molecule has 0 heterocycles. The molecule has 9 heteroatoms. The Morgan fingerprint density at radius 3 is 2.67 bits per heavy atom. The zero-order valence-corrected chi connectivity index (χ0v) is 13.3. The van der Waals surface area contributed by atoms with Gasteiger partial charge in [0.05, 0.1) is 16.6 Å². The van der Waals surface area contributed by atoms with Gasteiger partial charge < -0.3 is 10.1 Å². The first-order chi connectivity index (χ1) is 11.4. The van der Waals surface area contributed by atoms with E-state index in [0.29, 0.717) is 12.8 Å². The summed E-state index contributed by atoms with van der Waals surface area (Å²) in [4.78, 5) is 33.8. The number of amides is 1. The Hall–Kier alpha value is -2.66. The van der Waals surface area contributed by atoms with E-state index in [1.54, 1.807) is 0 Å². The lowest BCUT2D eigenvalue weighted by atomic mass is 10.00. The van der Waals surface area contributed by atoms with Crippen LogP contribution < -0.4 is 5.32 Å². The van der Waals surface area contributed by atoms with Gasteiger partial charge in [-0.3, -0.25) is 14.9 Å². The highest BCUT2D eigenvalue weighted by Crippen LogP contribution is 2.29. The fourth-order valence-corrected chi connectivity index (χ4v) is 2.73. The molecule has 0 aliphatic heterocycles. The Balaban J connectivity index is 1.96. The monoisotopic (exact) mass is 351 g/mol. The fraction of sp³-hybridized carbons (Fsp3) is 0.400. The highest BCUT2D eigenvalue weighted by Gasteiger charge is 2.35. The number of nitrogens with zero attached hydrogens (tertiary/aromatic N) is 2. The molecule has 0 spiro atoms. The summed E-state index contributed by atoms with van der Waals surface area (Å²) >= 11 is 5.66. The van der Waals surface area contributed by atoms with E-state index in [4.69, 9.17) is 16.3 Å². The van der Waals surface area contributed by atoms with Crippen LogP contribution in [0, 0.1) is 21.4 Å². The average Bonchev–Trinajstić information content (AvgIpc) is 3.01. The summed E-state index contributed by atoms with van der Waals surface area (Å²) in [7, 11) is 0. The van der Waals surface area contributed by atoms with Crippen LogP contribution in [0.2, 0.25) is 5.02 Å². The molecule has 0 unspecified atom stereocenters. The standard InChI is InChI=1S/C15H14ClN3O5/c16-11-4-3-10(7-12(11)19(22)23)14(21)24-8-13(20)18-15(9-17)5-1-2-6-15/h3-4,7H,1-2,5-6,8H2,(H,18,20). The van der Waals surface area contributed by atoms with Crippen molar-refractivity contribution in [2.75, 3.05) is 6.61 Å². The Morgan fingerprint density at radius 2 is 2.08 bits per heavy atom. The van der Waals surface area contributed by atoms with Gasteiger partial charge in [0.1, 0.15) is 10.6 Å². The Kier molecular flexibility index (Phi) is 5.36. The van der Waals surface area contributed by atoms with Gasteiger partial charge in [-0.05, 0) is 37.8 Å². The predicted molar refractivity (Wildman–Crippen MR) is 83.3 cm³/mol. The zero-order valence-electron chi connectivity index (χ0n) is 12.6. The van der Waals surface area contributed by atoms with Crippen molar-refractivity contribution < 1.29 is 19.2 Å². The molecule has 1 amide bonds. The molecule has 0 aromatic heterocycles. The number of nitriles is 1. The normalized spacial score (nSPS) is 15.3. The molecular weight excluding hydrogens is 338 g/mol. The minimum atomic E-state index is -0.900. The van der Waals surface area contributed by atoms with Crippen molar-refractivity contribution in [3.63, 3.8) is 0 Å². The molecule has 1 N–H and O–H groups in total. The number of benzene rings is 1. The Morgan fingerprint density at radius 1 is 1.42 bits per heavy atom. The number of ether oxygens (including phenoxy) is 1. The van der Waals surface area contributed by atoms with E-state index in [1.807, 2.05) is 0 Å². The summed E-state index contributed by atoms with van der Waals surface area (Å²) in [6, 6.07) is 5.55. The smallest absolute Gasteiger partial charge is 0.338 e. The Labute approximate surface area is 142 Å². The molecule has 1 aliphatic carbocycles. The number of rotatable bonds is 5. The van der Waals surface area contributed by atoms with Crippen LogP contribution in [-0.2, 0) is 9.53 Å². The van der Waals surface area contributed by atoms with Gasteiger partial charge in [0.15, 0.2) is 6.61 Å². The van der Waals surface area contributed by atoms with Gasteiger partial charge >= 0.3 is 5.97 Å². The number of nitrogens with one attached hydrogen (secondary N) is 1. The van der Waals surface area contributed by atoms with Crippen LogP contribution in [0.4, 0.5) is 5.69 Å². The topological polar surface area (TPSA) is 122 Å². The zero-order chi connectivity index (χ0) is 17.7. The minimum Gasteiger partial charge on any atom is -0.452 e. The summed E-state index contributed by atoms with van der Waals surface area (Å²) in [6.07, 6.45) is 2.82. The van der Waals surface area contributed by atoms with Crippen LogP contribution >= 0.6 is 11.6 Å². The highest BCUT2D eigenvalue weighted by atomic mass is 35.5. The maximum absolute atomic E-state index is 11.9. The number of halogens is 1. The molecule has 1 fully saturated rings. The lowest BCUT2D eigenvalue weighted by Gasteiger charge is -2.21. The van der Waals surface area contributed by atoms with Gasteiger partial charge in [0.25, 0.3) is 11.6 Å². The number of hydrogen-bond donors (Lipinski definition) is 1. The Bertz CT molecular complexity index is 722. The van der Waals surface area contributed by atoms with Crippen LogP contribution in [0.1, 0.15) is 36.0 Å². The number of carbonyl (C=O) groups is 2. The SMILES string of the molecule is N#CC1(NC(=O)COC(=O)c2ccc(Cl)c([N+](=O)[O-])c2)CCCC1. The number of nitro benzene ring substituents is 1. The first-order valence-corrected chi connectivity index (χ1v) is 7.58. The lowest BCUT2D eigenvalue weighted by Crippen LogP contribution is -2.46. The van der Waals surface area contributed by atoms with E-state index in [9.17, 15) is 25.0 Å². The number of carbonyl (C=O) groups excluding carboxylic acids is 2. The fourth-order valence-electron chi connectivity index (χ4n) is 2.54. The van der Waals surface area contributed by atoms with Crippen molar-refractivity contribution in [1.29, 1.82) is 5.26 Å². The first-order valence-electron chi connectivity index (χ1n) is 7.20. The van der Waals surface area contributed by atoms with Crippen molar-refractivity contribution in [2.45, 2.75) is 31.2 Å². The highest BCUT2D eigenvalue weighted by molar-refractivity contribution is 6.32. The molecule has 1 saturated carbocycles. The molecule has 0 atom stereocenters. The van der Waals surface area contributed by atoms with Gasteiger partial charge in [0.2, 0.25) is 0 Å². The minimum absolute atomic E-state index is 0.0882. The predicted octanol–water partition coefficient (Wildman–Crippen LogP) is 2.36. The van der Waals surface area contributed by atoms with Gasteiger partial charge in [-0.1, -0.05) is 11.6 Å². The van der Waals surface area contributed by atoms with Crippen molar-refractivity contribution in [1.82, 2.24) is 5.32 Å². The second kappa shape index (κ2) is 7.27. The second-order valence-electron chi connectivity index (χ2n) is 5.45. The molecule has 0 radical (unpaired) electrons. The molecule has 1 aromatic rings. The van der Waals surface area contributed by atoms with Crippen molar-refractivity contribution in [3.8, 4) is 6.07 Å². The lowest BCUT2D eigenvalue weighted by molar-refractivity contribution is -0.384. The van der Waals surface area contributed by atoms with E-state index >= 15 is 0 Å². The molecule has 1 aromatic carbocycles. The summed E-state index contributed by atoms with van der Waals surface area (Å²) in [6.45, 7) is -0.571. The summed E-state index contributed by atoms with van der Waals surface area (Å²) in [5.41, 5.74) is -1.41. The van der Waals surface area contributed by atoms with Crippen molar-refractivity contribution >= 4 is 29.2 Å². The van der Waals surface area contributed by atoms with E-state index in [2.05, 4.69) is 11.4 Å². The molecule has 24 heavy (non-hydrogen) atoms.